The van der Waals surface area contributed by atoms with E-state index in [1.54, 1.807) is 0 Å². The number of nitrogens with one attached hydrogen (secondary N) is 2. The standard InChI is InChI=1S/C25H22IN7OS2.CH4/c1-32-9-11-33(12-10-32)25-29-15(6-13-35-26)14-19(31-25)18-3-2-16-17(30-18)4-5-20-21(16)22-23(36-20)24(34)28-8-7-27-22;/h2-5,14,27H,7-12H2,1H3,(H,28,34);1H4. The first kappa shape index (κ1) is 26.0. The normalized spacial score (nSPS) is 15.7. The summed E-state index contributed by atoms with van der Waals surface area (Å²) in [5, 5.41) is 11.5. The number of rotatable bonds is 2. The highest BCUT2D eigenvalue weighted by Crippen LogP contribution is 2.41. The number of benzene rings is 1. The van der Waals surface area contributed by atoms with Crippen molar-refractivity contribution in [2.45, 2.75) is 7.43 Å². The van der Waals surface area contributed by atoms with Crippen LogP contribution in [-0.4, -0.2) is 72.1 Å². The highest BCUT2D eigenvalue weighted by molar-refractivity contribution is 14.2. The van der Waals surface area contributed by atoms with Gasteiger partial charge in [0.1, 0.15) is 10.6 Å². The molecule has 3 aromatic heterocycles. The molecule has 1 amide bonds. The summed E-state index contributed by atoms with van der Waals surface area (Å²) in [6.07, 6.45) is 0. The summed E-state index contributed by atoms with van der Waals surface area (Å²) >= 11 is 3.68. The minimum atomic E-state index is -0.0235. The van der Waals surface area contributed by atoms with E-state index in [2.05, 4.69) is 65.9 Å². The van der Waals surface area contributed by atoms with Crippen LogP contribution in [0, 0.1) is 11.2 Å². The highest BCUT2D eigenvalue weighted by atomic mass is 127. The first-order valence-corrected chi connectivity index (χ1v) is 15.8. The van der Waals surface area contributed by atoms with E-state index in [0.717, 1.165) is 69.1 Å². The van der Waals surface area contributed by atoms with Crippen molar-refractivity contribution >= 4 is 80.0 Å². The van der Waals surface area contributed by atoms with Crippen LogP contribution in [0.4, 0.5) is 11.6 Å². The van der Waals surface area contributed by atoms with Gasteiger partial charge in [-0.25, -0.2) is 15.0 Å². The third-order valence-electron chi connectivity index (χ3n) is 6.42. The number of aromatic nitrogens is 3. The molecule has 0 radical (unpaired) electrons. The van der Waals surface area contributed by atoms with Gasteiger partial charge in [0.05, 0.1) is 22.6 Å². The van der Waals surface area contributed by atoms with Crippen molar-refractivity contribution in [3.8, 4) is 22.6 Å². The monoisotopic (exact) mass is 643 g/mol. The predicted molar refractivity (Wildman–Crippen MR) is 164 cm³/mol. The third-order valence-corrected chi connectivity index (χ3v) is 8.41. The maximum atomic E-state index is 12.5. The zero-order valence-corrected chi connectivity index (χ0v) is 23.3. The highest BCUT2D eigenvalue weighted by Gasteiger charge is 2.23. The Labute approximate surface area is 236 Å². The minimum Gasteiger partial charge on any atom is -0.381 e. The van der Waals surface area contributed by atoms with Gasteiger partial charge in [-0.2, -0.15) is 0 Å². The Balaban J connectivity index is 0.00000280. The average Bonchev–Trinajstić information content (AvgIpc) is 3.19. The maximum Gasteiger partial charge on any atom is 0.263 e. The molecule has 37 heavy (non-hydrogen) atoms. The zero-order chi connectivity index (χ0) is 24.6. The second kappa shape index (κ2) is 11.0. The molecule has 0 atom stereocenters. The fraction of sp³-hybridized carbons (Fsp3) is 0.308. The van der Waals surface area contributed by atoms with Crippen molar-refractivity contribution in [2.24, 2.45) is 0 Å². The average molecular weight is 644 g/mol. The topological polar surface area (TPSA) is 86.3 Å². The summed E-state index contributed by atoms with van der Waals surface area (Å²) in [6, 6.07) is 10.1. The van der Waals surface area contributed by atoms with Crippen molar-refractivity contribution in [3.05, 3.63) is 40.9 Å². The lowest BCUT2D eigenvalue weighted by Crippen LogP contribution is -2.45. The number of carbonyl (C=O) groups excluding carboxylic acids is 1. The fourth-order valence-corrected chi connectivity index (χ4v) is 6.15. The number of carbonyl (C=O) groups is 1. The molecule has 6 rings (SSSR count). The smallest absolute Gasteiger partial charge is 0.263 e. The molecule has 2 aliphatic rings. The molecule has 1 fully saturated rings. The van der Waals surface area contributed by atoms with E-state index < -0.39 is 0 Å². The van der Waals surface area contributed by atoms with Crippen LogP contribution in [0.5, 0.6) is 0 Å². The van der Waals surface area contributed by atoms with Crippen LogP contribution in [0.25, 0.3) is 32.4 Å². The number of pyridine rings is 1. The van der Waals surface area contributed by atoms with E-state index in [0.29, 0.717) is 24.7 Å². The molecule has 190 valence electrons. The Hall–Kier alpha value is -2.66. The van der Waals surface area contributed by atoms with Crippen molar-refractivity contribution in [3.63, 3.8) is 0 Å². The predicted octanol–water partition coefficient (Wildman–Crippen LogP) is 4.84. The van der Waals surface area contributed by atoms with Crippen LogP contribution in [0.3, 0.4) is 0 Å². The molecule has 4 aromatic rings. The lowest BCUT2D eigenvalue weighted by Gasteiger charge is -2.32. The van der Waals surface area contributed by atoms with Crippen molar-refractivity contribution < 1.29 is 4.79 Å². The summed E-state index contributed by atoms with van der Waals surface area (Å²) in [4.78, 5) is 32.4. The van der Waals surface area contributed by atoms with Gasteiger partial charge in [-0.3, -0.25) is 4.79 Å². The van der Waals surface area contributed by atoms with Gasteiger partial charge in [-0.15, -0.1) is 11.3 Å². The number of thiophene rings is 1. The summed E-state index contributed by atoms with van der Waals surface area (Å²) in [6.45, 7) is 5.00. The lowest BCUT2D eigenvalue weighted by molar-refractivity contribution is 0.0962. The number of fused-ring (bicyclic) bond motifs is 5. The van der Waals surface area contributed by atoms with Crippen LogP contribution in [-0.2, 0) is 0 Å². The molecule has 0 unspecified atom stereocenters. The van der Waals surface area contributed by atoms with E-state index in [9.17, 15) is 4.79 Å². The van der Waals surface area contributed by atoms with Crippen molar-refractivity contribution in [2.75, 3.05) is 56.5 Å². The molecule has 0 spiro atoms. The quantitative estimate of drug-likeness (QED) is 0.237. The molecular formula is C26H26IN7OS2. The SMILES string of the molecule is C.CN1CCN(c2nc(C#CSI)cc(-c3ccc4c(ccc5sc6c(c54)NCCNC6=O)n3)n2)CC1. The number of anilines is 2. The largest absolute Gasteiger partial charge is 0.381 e. The molecule has 0 bridgehead atoms. The van der Waals surface area contributed by atoms with E-state index >= 15 is 0 Å². The molecule has 11 heteroatoms. The van der Waals surface area contributed by atoms with Gasteiger partial charge in [0, 0.05) is 82.0 Å². The number of hydrogen-bond donors (Lipinski definition) is 2. The van der Waals surface area contributed by atoms with Crippen LogP contribution < -0.4 is 15.5 Å². The Morgan fingerprint density at radius 3 is 2.65 bits per heavy atom. The molecule has 0 saturated carbocycles. The van der Waals surface area contributed by atoms with Crippen LogP contribution in [0.1, 0.15) is 22.8 Å². The third kappa shape index (κ3) is 5.07. The first-order valence-electron chi connectivity index (χ1n) is 11.6. The minimum absolute atomic E-state index is 0. The van der Waals surface area contributed by atoms with Gasteiger partial charge in [0.25, 0.3) is 5.91 Å². The molecule has 1 saturated heterocycles. The second-order valence-corrected chi connectivity index (χ2v) is 11.5. The Bertz CT molecular complexity index is 1550. The first-order chi connectivity index (χ1) is 17.6. The lowest BCUT2D eigenvalue weighted by atomic mass is 10.1. The van der Waals surface area contributed by atoms with Crippen LogP contribution in [0.15, 0.2) is 30.3 Å². The van der Waals surface area contributed by atoms with E-state index in [4.69, 9.17) is 15.0 Å². The van der Waals surface area contributed by atoms with Gasteiger partial charge in [-0.1, -0.05) is 7.43 Å². The number of halogens is 1. The van der Waals surface area contributed by atoms with Gasteiger partial charge in [0.2, 0.25) is 5.95 Å². The molecular weight excluding hydrogens is 617 g/mol. The number of amides is 1. The number of piperazine rings is 1. The van der Waals surface area contributed by atoms with Gasteiger partial charge < -0.3 is 20.4 Å². The van der Waals surface area contributed by atoms with E-state index in [1.165, 1.54) is 20.3 Å². The Morgan fingerprint density at radius 2 is 1.84 bits per heavy atom. The second-order valence-electron chi connectivity index (χ2n) is 8.72. The van der Waals surface area contributed by atoms with Crippen LogP contribution in [0.2, 0.25) is 0 Å². The van der Waals surface area contributed by atoms with Crippen molar-refractivity contribution in [1.82, 2.24) is 25.2 Å². The summed E-state index contributed by atoms with van der Waals surface area (Å²) in [5.41, 5.74) is 3.98. The van der Waals surface area contributed by atoms with Gasteiger partial charge in [0.15, 0.2) is 0 Å². The fourth-order valence-electron chi connectivity index (χ4n) is 4.57. The van der Waals surface area contributed by atoms with E-state index in [-0.39, 0.29) is 13.3 Å². The summed E-state index contributed by atoms with van der Waals surface area (Å²) in [5.74, 6) is 3.81. The molecule has 5 heterocycles. The molecule has 2 N–H and O–H groups in total. The number of hydrogen-bond acceptors (Lipinski definition) is 9. The molecule has 2 aliphatic heterocycles. The van der Waals surface area contributed by atoms with Gasteiger partial charge >= 0.3 is 0 Å². The number of likely N-dealkylation sites (N-methyl/N-ethyl adjacent to an activating group) is 1. The molecule has 1 aromatic carbocycles. The summed E-state index contributed by atoms with van der Waals surface area (Å²) in [7, 11) is 3.57. The zero-order valence-electron chi connectivity index (χ0n) is 19.5. The Kier molecular flexibility index (Phi) is 7.71. The van der Waals surface area contributed by atoms with E-state index in [1.807, 2.05) is 24.3 Å². The van der Waals surface area contributed by atoms with Crippen molar-refractivity contribution in [1.29, 1.82) is 0 Å². The number of nitrogens with zero attached hydrogens (tertiary/aromatic N) is 5. The molecule has 0 aliphatic carbocycles. The van der Waals surface area contributed by atoms with Crippen LogP contribution >= 0.6 is 41.5 Å². The maximum absolute atomic E-state index is 12.5. The van der Waals surface area contributed by atoms with Gasteiger partial charge in [-0.05, 0) is 51.4 Å². The molecule has 8 nitrogen and oxygen atoms in total. The summed E-state index contributed by atoms with van der Waals surface area (Å²) < 4.78 is 1.07. The Morgan fingerprint density at radius 1 is 1.03 bits per heavy atom.